The maximum atomic E-state index is 6.06. The Morgan fingerprint density at radius 3 is 3.06 bits per heavy atom. The Labute approximate surface area is 108 Å². The zero-order chi connectivity index (χ0) is 12.3. The predicted octanol–water partition coefficient (Wildman–Crippen LogP) is 1.39. The molecule has 1 unspecified atom stereocenters. The molecule has 5 heteroatoms. The number of rotatable bonds is 3. The van der Waals surface area contributed by atoms with Crippen molar-refractivity contribution < 1.29 is 0 Å². The first-order chi connectivity index (χ1) is 8.16. The summed E-state index contributed by atoms with van der Waals surface area (Å²) in [5.74, 6) is 0.774. The van der Waals surface area contributed by atoms with Crippen molar-refractivity contribution in [3.8, 4) is 0 Å². The van der Waals surface area contributed by atoms with Gasteiger partial charge in [-0.3, -0.25) is 4.90 Å². The van der Waals surface area contributed by atoms with Crippen molar-refractivity contribution in [3.05, 3.63) is 23.4 Å². The van der Waals surface area contributed by atoms with Crippen LogP contribution in [-0.2, 0) is 0 Å². The van der Waals surface area contributed by atoms with Gasteiger partial charge in [0.2, 0.25) is 0 Å². The third kappa shape index (κ3) is 3.31. The smallest absolute Gasteiger partial charge is 0.144 e. The van der Waals surface area contributed by atoms with Crippen LogP contribution in [0.5, 0.6) is 0 Å². The van der Waals surface area contributed by atoms with Crippen molar-refractivity contribution in [1.82, 2.24) is 14.8 Å². The van der Waals surface area contributed by atoms with E-state index < -0.39 is 0 Å². The van der Waals surface area contributed by atoms with Gasteiger partial charge in [0.05, 0.1) is 5.02 Å². The molecule has 1 saturated heterocycles. The summed E-state index contributed by atoms with van der Waals surface area (Å²) < 4.78 is 0. The topological polar surface area (TPSA) is 31.4 Å². The monoisotopic (exact) mass is 254 g/mol. The highest BCUT2D eigenvalue weighted by Gasteiger charge is 2.21. The fraction of sp³-hybridized carbons (Fsp3) is 0.583. The van der Waals surface area contributed by atoms with Crippen molar-refractivity contribution in [3.63, 3.8) is 0 Å². The molecule has 0 amide bonds. The summed E-state index contributed by atoms with van der Waals surface area (Å²) in [6.07, 6.45) is 1.75. The Morgan fingerprint density at radius 2 is 2.29 bits per heavy atom. The van der Waals surface area contributed by atoms with E-state index in [0.29, 0.717) is 11.1 Å². The lowest BCUT2D eigenvalue weighted by atomic mass is 10.2. The van der Waals surface area contributed by atoms with E-state index in [1.165, 1.54) is 0 Å². The van der Waals surface area contributed by atoms with E-state index in [9.17, 15) is 0 Å². The lowest BCUT2D eigenvalue weighted by Gasteiger charge is -2.37. The molecule has 94 valence electrons. The van der Waals surface area contributed by atoms with Crippen LogP contribution in [0.15, 0.2) is 18.3 Å². The summed E-state index contributed by atoms with van der Waals surface area (Å²) in [7, 11) is 4.33. The standard InChI is InChI=1S/C12H19ClN4/c1-16-6-7-17(2)10(9-16)8-15-12-11(13)4-3-5-14-12/h3-5,10H,6-9H2,1-2H3,(H,14,15). The molecule has 0 radical (unpaired) electrons. The number of pyridine rings is 1. The van der Waals surface area contributed by atoms with Crippen LogP contribution < -0.4 is 5.32 Å². The van der Waals surface area contributed by atoms with Crippen LogP contribution in [0.2, 0.25) is 5.02 Å². The number of anilines is 1. The van der Waals surface area contributed by atoms with Gasteiger partial charge in [-0.05, 0) is 26.2 Å². The molecule has 1 aromatic heterocycles. The van der Waals surface area contributed by atoms with Gasteiger partial charge in [-0.2, -0.15) is 0 Å². The molecule has 1 atom stereocenters. The van der Waals surface area contributed by atoms with Crippen LogP contribution in [0, 0.1) is 0 Å². The van der Waals surface area contributed by atoms with Gasteiger partial charge in [-0.15, -0.1) is 0 Å². The Balaban J connectivity index is 1.91. The van der Waals surface area contributed by atoms with Crippen LogP contribution in [0.4, 0.5) is 5.82 Å². The molecule has 1 aliphatic rings. The lowest BCUT2D eigenvalue weighted by molar-refractivity contribution is 0.122. The Bertz CT molecular complexity index is 371. The van der Waals surface area contributed by atoms with Crippen LogP contribution in [0.3, 0.4) is 0 Å². The number of nitrogens with zero attached hydrogens (tertiary/aromatic N) is 3. The Kier molecular flexibility index (Phi) is 4.20. The molecule has 2 rings (SSSR count). The van der Waals surface area contributed by atoms with E-state index in [4.69, 9.17) is 11.6 Å². The summed E-state index contributed by atoms with van der Waals surface area (Å²) in [5.41, 5.74) is 0. The highest BCUT2D eigenvalue weighted by molar-refractivity contribution is 6.32. The summed E-state index contributed by atoms with van der Waals surface area (Å²) >= 11 is 6.06. The second kappa shape index (κ2) is 5.67. The van der Waals surface area contributed by atoms with E-state index in [1.54, 1.807) is 6.20 Å². The maximum absolute atomic E-state index is 6.06. The third-order valence-electron chi connectivity index (χ3n) is 3.24. The van der Waals surface area contributed by atoms with Gasteiger partial charge in [0.15, 0.2) is 0 Å². The normalized spacial score (nSPS) is 22.6. The minimum Gasteiger partial charge on any atom is -0.367 e. The quantitative estimate of drug-likeness (QED) is 0.884. The number of nitrogens with one attached hydrogen (secondary N) is 1. The number of aromatic nitrogens is 1. The zero-order valence-electron chi connectivity index (χ0n) is 10.4. The number of likely N-dealkylation sites (N-methyl/N-ethyl adjacent to an activating group) is 2. The number of halogens is 1. The molecule has 1 N–H and O–H groups in total. The minimum atomic E-state index is 0.506. The lowest BCUT2D eigenvalue weighted by Crippen LogP contribution is -2.52. The van der Waals surface area contributed by atoms with Crippen molar-refractivity contribution in [2.24, 2.45) is 0 Å². The largest absolute Gasteiger partial charge is 0.367 e. The molecule has 0 saturated carbocycles. The van der Waals surface area contributed by atoms with Crippen LogP contribution in [0.25, 0.3) is 0 Å². The molecule has 0 bridgehead atoms. The van der Waals surface area contributed by atoms with Crippen molar-refractivity contribution in [1.29, 1.82) is 0 Å². The first kappa shape index (κ1) is 12.6. The molecule has 17 heavy (non-hydrogen) atoms. The number of piperazine rings is 1. The van der Waals surface area contributed by atoms with Gasteiger partial charge in [0.25, 0.3) is 0 Å². The fourth-order valence-corrected chi connectivity index (χ4v) is 2.24. The molecular weight excluding hydrogens is 236 g/mol. The van der Waals surface area contributed by atoms with Crippen LogP contribution in [0.1, 0.15) is 0 Å². The second-order valence-corrected chi connectivity index (χ2v) is 5.02. The molecule has 0 aliphatic carbocycles. The Hall–Kier alpha value is -0.840. The fourth-order valence-electron chi connectivity index (χ4n) is 2.05. The van der Waals surface area contributed by atoms with Gasteiger partial charge in [-0.25, -0.2) is 4.98 Å². The van der Waals surface area contributed by atoms with E-state index in [0.717, 1.165) is 32.0 Å². The van der Waals surface area contributed by atoms with E-state index >= 15 is 0 Å². The van der Waals surface area contributed by atoms with E-state index in [1.807, 2.05) is 12.1 Å². The van der Waals surface area contributed by atoms with E-state index in [2.05, 4.69) is 34.2 Å². The number of hydrogen-bond acceptors (Lipinski definition) is 4. The average molecular weight is 255 g/mol. The van der Waals surface area contributed by atoms with Crippen molar-refractivity contribution >= 4 is 17.4 Å². The van der Waals surface area contributed by atoms with Crippen molar-refractivity contribution in [2.75, 3.05) is 45.6 Å². The molecule has 1 aromatic rings. The number of hydrogen-bond donors (Lipinski definition) is 1. The second-order valence-electron chi connectivity index (χ2n) is 4.61. The summed E-state index contributed by atoms with van der Waals surface area (Å²) in [6.45, 7) is 4.20. The molecule has 2 heterocycles. The van der Waals surface area contributed by atoms with Gasteiger partial charge in [0.1, 0.15) is 5.82 Å². The van der Waals surface area contributed by atoms with Crippen LogP contribution >= 0.6 is 11.6 Å². The van der Waals surface area contributed by atoms with Gasteiger partial charge in [-0.1, -0.05) is 11.6 Å². The van der Waals surface area contributed by atoms with Gasteiger partial charge in [0, 0.05) is 38.4 Å². The third-order valence-corrected chi connectivity index (χ3v) is 3.55. The summed E-state index contributed by atoms with van der Waals surface area (Å²) in [5, 5.41) is 4.00. The SMILES string of the molecule is CN1CCN(C)C(CNc2ncccc2Cl)C1. The zero-order valence-corrected chi connectivity index (χ0v) is 11.1. The minimum absolute atomic E-state index is 0.506. The Morgan fingerprint density at radius 1 is 1.47 bits per heavy atom. The molecule has 0 aromatic carbocycles. The van der Waals surface area contributed by atoms with Gasteiger partial charge < -0.3 is 10.2 Å². The first-order valence-electron chi connectivity index (χ1n) is 5.90. The van der Waals surface area contributed by atoms with Gasteiger partial charge >= 0.3 is 0 Å². The first-order valence-corrected chi connectivity index (χ1v) is 6.28. The molecule has 4 nitrogen and oxygen atoms in total. The molecule has 1 aliphatic heterocycles. The highest BCUT2D eigenvalue weighted by Crippen LogP contribution is 2.17. The summed E-state index contributed by atoms with van der Waals surface area (Å²) in [6, 6.07) is 4.20. The average Bonchev–Trinajstić information content (AvgIpc) is 2.32. The van der Waals surface area contributed by atoms with E-state index in [-0.39, 0.29) is 0 Å². The van der Waals surface area contributed by atoms with Crippen LogP contribution in [-0.4, -0.2) is 61.1 Å². The predicted molar refractivity (Wildman–Crippen MR) is 71.7 cm³/mol. The molecular formula is C12H19ClN4. The molecule has 1 fully saturated rings. The maximum Gasteiger partial charge on any atom is 0.144 e. The van der Waals surface area contributed by atoms with Crippen molar-refractivity contribution in [2.45, 2.75) is 6.04 Å². The molecule has 0 spiro atoms. The summed E-state index contributed by atoms with van der Waals surface area (Å²) in [4.78, 5) is 8.96. The highest BCUT2D eigenvalue weighted by atomic mass is 35.5.